The molecule has 82 valence electrons. The molecule has 0 amide bonds. The first-order valence-corrected chi connectivity index (χ1v) is 6.29. The van der Waals surface area contributed by atoms with Crippen LogP contribution in [0.15, 0.2) is 28.7 Å². The highest BCUT2D eigenvalue weighted by atomic mass is 79.9. The number of hydrogen-bond donors (Lipinski definition) is 1. The topological polar surface area (TPSA) is 15.3 Å². The van der Waals surface area contributed by atoms with Gasteiger partial charge in [-0.25, -0.2) is 0 Å². The van der Waals surface area contributed by atoms with Crippen LogP contribution in [0.2, 0.25) is 0 Å². The third kappa shape index (κ3) is 2.95. The predicted molar refractivity (Wildman–Crippen MR) is 68.4 cm³/mol. The van der Waals surface area contributed by atoms with Crippen LogP contribution in [-0.2, 0) is 0 Å². The molecule has 0 spiro atoms. The van der Waals surface area contributed by atoms with Gasteiger partial charge in [-0.15, -0.1) is 0 Å². The van der Waals surface area contributed by atoms with E-state index in [0.717, 1.165) is 24.1 Å². The number of anilines is 1. The molecular weight excluding hydrogens is 252 g/mol. The molecule has 1 atom stereocenters. The molecule has 1 saturated heterocycles. The van der Waals surface area contributed by atoms with Crippen molar-refractivity contribution in [1.82, 2.24) is 5.32 Å². The standard InChI is InChI=1S/C12H17BrN2/c1-10-6-8-15(9-7-14-10)12-4-2-11(13)3-5-12/h2-5,10,14H,6-9H2,1H3. The van der Waals surface area contributed by atoms with Crippen molar-refractivity contribution in [2.45, 2.75) is 19.4 Å². The van der Waals surface area contributed by atoms with E-state index in [2.05, 4.69) is 57.3 Å². The Bertz CT molecular complexity index is 310. The largest absolute Gasteiger partial charge is 0.370 e. The minimum atomic E-state index is 0.644. The van der Waals surface area contributed by atoms with E-state index in [1.165, 1.54) is 12.1 Å². The smallest absolute Gasteiger partial charge is 0.0367 e. The van der Waals surface area contributed by atoms with Crippen LogP contribution in [0.4, 0.5) is 5.69 Å². The fourth-order valence-corrected chi connectivity index (χ4v) is 2.18. The van der Waals surface area contributed by atoms with E-state index in [1.807, 2.05) is 0 Å². The quantitative estimate of drug-likeness (QED) is 0.843. The van der Waals surface area contributed by atoms with Crippen molar-refractivity contribution in [3.05, 3.63) is 28.7 Å². The van der Waals surface area contributed by atoms with Gasteiger partial charge in [0.15, 0.2) is 0 Å². The van der Waals surface area contributed by atoms with E-state index in [4.69, 9.17) is 0 Å². The van der Waals surface area contributed by atoms with Gasteiger partial charge in [-0.3, -0.25) is 0 Å². The molecule has 0 bridgehead atoms. The highest BCUT2D eigenvalue weighted by molar-refractivity contribution is 9.10. The second kappa shape index (κ2) is 4.99. The van der Waals surface area contributed by atoms with Crippen LogP contribution in [0.1, 0.15) is 13.3 Å². The molecule has 15 heavy (non-hydrogen) atoms. The first kappa shape index (κ1) is 11.0. The predicted octanol–water partition coefficient (Wildman–Crippen LogP) is 2.64. The van der Waals surface area contributed by atoms with Gasteiger partial charge in [-0.1, -0.05) is 15.9 Å². The highest BCUT2D eigenvalue weighted by Crippen LogP contribution is 2.19. The summed E-state index contributed by atoms with van der Waals surface area (Å²) in [5.41, 5.74) is 1.33. The summed E-state index contributed by atoms with van der Waals surface area (Å²) in [5.74, 6) is 0. The van der Waals surface area contributed by atoms with Crippen LogP contribution in [-0.4, -0.2) is 25.7 Å². The monoisotopic (exact) mass is 268 g/mol. The average molecular weight is 269 g/mol. The molecule has 0 saturated carbocycles. The minimum absolute atomic E-state index is 0.644. The van der Waals surface area contributed by atoms with Gasteiger partial charge in [0.1, 0.15) is 0 Å². The summed E-state index contributed by atoms with van der Waals surface area (Å²) < 4.78 is 1.15. The Balaban J connectivity index is 2.06. The Hall–Kier alpha value is -0.540. The Labute approximate surface area is 99.8 Å². The van der Waals surface area contributed by atoms with Crippen molar-refractivity contribution in [1.29, 1.82) is 0 Å². The Morgan fingerprint density at radius 3 is 2.73 bits per heavy atom. The van der Waals surface area contributed by atoms with Crippen molar-refractivity contribution in [2.75, 3.05) is 24.5 Å². The van der Waals surface area contributed by atoms with Crippen LogP contribution in [0, 0.1) is 0 Å². The zero-order valence-corrected chi connectivity index (χ0v) is 10.6. The molecule has 2 nitrogen and oxygen atoms in total. The highest BCUT2D eigenvalue weighted by Gasteiger charge is 2.12. The summed E-state index contributed by atoms with van der Waals surface area (Å²) >= 11 is 3.46. The van der Waals surface area contributed by atoms with Gasteiger partial charge in [0.05, 0.1) is 0 Å². The van der Waals surface area contributed by atoms with Crippen LogP contribution in [0.3, 0.4) is 0 Å². The number of benzene rings is 1. The molecule has 1 aromatic rings. The van der Waals surface area contributed by atoms with Gasteiger partial charge in [0, 0.05) is 35.8 Å². The molecule has 1 unspecified atom stereocenters. The molecular formula is C12H17BrN2. The lowest BCUT2D eigenvalue weighted by Crippen LogP contribution is -2.28. The number of rotatable bonds is 1. The molecule has 2 rings (SSSR count). The molecule has 1 aromatic carbocycles. The van der Waals surface area contributed by atoms with Crippen LogP contribution < -0.4 is 10.2 Å². The van der Waals surface area contributed by atoms with E-state index in [0.29, 0.717) is 6.04 Å². The normalized spacial score (nSPS) is 22.5. The van der Waals surface area contributed by atoms with Crippen LogP contribution >= 0.6 is 15.9 Å². The van der Waals surface area contributed by atoms with Crippen LogP contribution in [0.5, 0.6) is 0 Å². The molecule has 0 aromatic heterocycles. The van der Waals surface area contributed by atoms with Gasteiger partial charge in [0.2, 0.25) is 0 Å². The van der Waals surface area contributed by atoms with Crippen LogP contribution in [0.25, 0.3) is 0 Å². The van der Waals surface area contributed by atoms with Gasteiger partial charge in [0.25, 0.3) is 0 Å². The zero-order chi connectivity index (χ0) is 10.7. The van der Waals surface area contributed by atoms with Crippen molar-refractivity contribution >= 4 is 21.6 Å². The maximum absolute atomic E-state index is 3.50. The number of halogens is 1. The first-order valence-electron chi connectivity index (χ1n) is 5.49. The summed E-state index contributed by atoms with van der Waals surface area (Å²) in [6.45, 7) is 5.59. The summed E-state index contributed by atoms with van der Waals surface area (Å²) in [6, 6.07) is 9.22. The van der Waals surface area contributed by atoms with Gasteiger partial charge >= 0.3 is 0 Å². The molecule has 0 radical (unpaired) electrons. The second-order valence-electron chi connectivity index (χ2n) is 4.11. The minimum Gasteiger partial charge on any atom is -0.370 e. The lowest BCUT2D eigenvalue weighted by atomic mass is 10.2. The van der Waals surface area contributed by atoms with Crippen molar-refractivity contribution < 1.29 is 0 Å². The molecule has 1 aliphatic rings. The summed E-state index contributed by atoms with van der Waals surface area (Å²) in [6.07, 6.45) is 1.22. The van der Waals surface area contributed by atoms with Gasteiger partial charge < -0.3 is 10.2 Å². The molecule has 3 heteroatoms. The average Bonchev–Trinajstić information content (AvgIpc) is 2.44. The Morgan fingerprint density at radius 2 is 2.00 bits per heavy atom. The molecule has 1 aliphatic heterocycles. The van der Waals surface area contributed by atoms with E-state index in [1.54, 1.807) is 0 Å². The zero-order valence-electron chi connectivity index (χ0n) is 9.04. The fraction of sp³-hybridized carbons (Fsp3) is 0.500. The Kier molecular flexibility index (Phi) is 3.65. The lowest BCUT2D eigenvalue weighted by molar-refractivity contribution is 0.566. The van der Waals surface area contributed by atoms with Crippen molar-refractivity contribution in [2.24, 2.45) is 0 Å². The van der Waals surface area contributed by atoms with E-state index in [-0.39, 0.29) is 0 Å². The summed E-state index contributed by atoms with van der Waals surface area (Å²) in [4.78, 5) is 2.45. The second-order valence-corrected chi connectivity index (χ2v) is 5.02. The Morgan fingerprint density at radius 1 is 1.27 bits per heavy atom. The van der Waals surface area contributed by atoms with Crippen molar-refractivity contribution in [3.8, 4) is 0 Å². The van der Waals surface area contributed by atoms with E-state index >= 15 is 0 Å². The maximum atomic E-state index is 3.50. The first-order chi connectivity index (χ1) is 7.25. The third-order valence-corrected chi connectivity index (χ3v) is 3.43. The summed E-state index contributed by atoms with van der Waals surface area (Å²) in [5, 5.41) is 3.50. The van der Waals surface area contributed by atoms with Gasteiger partial charge in [-0.05, 0) is 37.6 Å². The third-order valence-electron chi connectivity index (χ3n) is 2.90. The van der Waals surface area contributed by atoms with E-state index in [9.17, 15) is 0 Å². The molecule has 1 heterocycles. The molecule has 1 N–H and O–H groups in total. The number of nitrogens with zero attached hydrogens (tertiary/aromatic N) is 1. The lowest BCUT2D eigenvalue weighted by Gasteiger charge is -2.22. The molecule has 0 aliphatic carbocycles. The number of hydrogen-bond acceptors (Lipinski definition) is 2. The van der Waals surface area contributed by atoms with E-state index < -0.39 is 0 Å². The summed E-state index contributed by atoms with van der Waals surface area (Å²) in [7, 11) is 0. The fourth-order valence-electron chi connectivity index (χ4n) is 1.92. The maximum Gasteiger partial charge on any atom is 0.0367 e. The molecule has 1 fully saturated rings. The number of nitrogens with one attached hydrogen (secondary N) is 1. The SMILES string of the molecule is CC1CCN(c2ccc(Br)cc2)CCN1. The van der Waals surface area contributed by atoms with Crippen molar-refractivity contribution in [3.63, 3.8) is 0 Å². The van der Waals surface area contributed by atoms with Gasteiger partial charge in [-0.2, -0.15) is 0 Å².